The summed E-state index contributed by atoms with van der Waals surface area (Å²) in [7, 11) is 1.54. The zero-order valence-electron chi connectivity index (χ0n) is 11.9. The number of fused-ring (bicyclic) bond motifs is 2. The number of carbonyl (C=O) groups excluding carboxylic acids is 1. The Kier molecular flexibility index (Phi) is 3.53. The van der Waals surface area contributed by atoms with E-state index in [0.717, 1.165) is 16.2 Å². The summed E-state index contributed by atoms with van der Waals surface area (Å²) < 4.78 is 5.23. The quantitative estimate of drug-likeness (QED) is 0.617. The lowest BCUT2D eigenvalue weighted by molar-refractivity contribution is -0.111. The van der Waals surface area contributed by atoms with Gasteiger partial charge in [0.05, 0.1) is 23.6 Å². The zero-order valence-corrected chi connectivity index (χ0v) is 13.5. The van der Waals surface area contributed by atoms with E-state index in [2.05, 4.69) is 15.0 Å². The SMILES string of the molecule is COc1ncnc2c1N=C1C(=C(Cl)CC(C)(C)C1C=O)S2. The highest BCUT2D eigenvalue weighted by Gasteiger charge is 2.43. The molecule has 110 valence electrons. The number of aromatic nitrogens is 2. The summed E-state index contributed by atoms with van der Waals surface area (Å²) in [6.45, 7) is 4.04. The predicted octanol–water partition coefficient (Wildman–Crippen LogP) is 3.36. The number of thioether (sulfide) groups is 1. The van der Waals surface area contributed by atoms with Gasteiger partial charge in [-0.2, -0.15) is 4.98 Å². The second-order valence-corrected chi connectivity index (χ2v) is 7.10. The number of nitrogens with zero attached hydrogens (tertiary/aromatic N) is 3. The molecule has 2 aliphatic rings. The normalized spacial score (nSPS) is 23.0. The lowest BCUT2D eigenvalue weighted by Gasteiger charge is -2.38. The van der Waals surface area contributed by atoms with Crippen molar-refractivity contribution >= 4 is 41.0 Å². The van der Waals surface area contributed by atoms with Crippen LogP contribution in [0.25, 0.3) is 0 Å². The summed E-state index contributed by atoms with van der Waals surface area (Å²) in [4.78, 5) is 25.3. The molecule has 1 atom stereocenters. The highest BCUT2D eigenvalue weighted by Crippen LogP contribution is 2.52. The average Bonchev–Trinajstić information content (AvgIpc) is 2.44. The molecule has 1 aliphatic carbocycles. The Morgan fingerprint density at radius 3 is 2.90 bits per heavy atom. The van der Waals surface area contributed by atoms with Gasteiger partial charge < -0.3 is 9.53 Å². The molecule has 0 radical (unpaired) electrons. The molecule has 1 aliphatic heterocycles. The number of rotatable bonds is 2. The second-order valence-electron chi connectivity index (χ2n) is 5.65. The van der Waals surface area contributed by atoms with Crippen LogP contribution in [-0.4, -0.2) is 29.1 Å². The molecule has 1 aromatic rings. The van der Waals surface area contributed by atoms with Gasteiger partial charge in [0.15, 0.2) is 5.69 Å². The Labute approximate surface area is 131 Å². The molecule has 0 N–H and O–H groups in total. The minimum atomic E-state index is -0.305. The van der Waals surface area contributed by atoms with Crippen molar-refractivity contribution in [1.82, 2.24) is 9.97 Å². The first-order valence-corrected chi connectivity index (χ1v) is 7.67. The number of ether oxygens (including phenoxy) is 1. The Morgan fingerprint density at radius 2 is 2.24 bits per heavy atom. The van der Waals surface area contributed by atoms with Crippen LogP contribution in [-0.2, 0) is 4.79 Å². The van der Waals surface area contributed by atoms with Gasteiger partial charge in [-0.15, -0.1) is 0 Å². The van der Waals surface area contributed by atoms with E-state index in [9.17, 15) is 4.79 Å². The van der Waals surface area contributed by atoms with Crippen LogP contribution in [0.1, 0.15) is 20.3 Å². The minimum Gasteiger partial charge on any atom is -0.479 e. The first-order chi connectivity index (χ1) is 9.97. The van der Waals surface area contributed by atoms with Crippen molar-refractivity contribution in [2.75, 3.05) is 7.11 Å². The molecule has 0 fully saturated rings. The Balaban J connectivity index is 2.23. The maximum absolute atomic E-state index is 11.6. The van der Waals surface area contributed by atoms with E-state index in [1.807, 2.05) is 13.8 Å². The van der Waals surface area contributed by atoms with Crippen LogP contribution < -0.4 is 4.74 Å². The molecule has 0 saturated heterocycles. The number of halogens is 1. The fourth-order valence-corrected chi connectivity index (χ4v) is 4.14. The lowest BCUT2D eigenvalue weighted by atomic mass is 9.71. The summed E-state index contributed by atoms with van der Waals surface area (Å²) in [5.41, 5.74) is 0.997. The molecule has 0 bridgehead atoms. The van der Waals surface area contributed by atoms with Crippen molar-refractivity contribution in [2.24, 2.45) is 16.3 Å². The number of hydrogen-bond acceptors (Lipinski definition) is 6. The third-order valence-electron chi connectivity index (χ3n) is 3.74. The molecule has 1 aromatic heterocycles. The molecular weight excluding hydrogens is 310 g/mol. The molecule has 2 heterocycles. The first-order valence-electron chi connectivity index (χ1n) is 6.47. The van der Waals surface area contributed by atoms with Crippen LogP contribution in [0.3, 0.4) is 0 Å². The standard InChI is InChI=1S/C14H14ClN3O2S/c1-14(2)4-8(15)11-9(7(14)5-19)18-10-12(20-3)16-6-17-13(10)21-11/h5-7H,4H2,1-3H3. The van der Waals surface area contributed by atoms with Gasteiger partial charge >= 0.3 is 0 Å². The number of aliphatic imine (C=N–C) groups is 1. The summed E-state index contributed by atoms with van der Waals surface area (Å²) in [5.74, 6) is 0.101. The Hall–Kier alpha value is -1.40. The first kappa shape index (κ1) is 14.5. The molecule has 3 rings (SSSR count). The number of methoxy groups -OCH3 is 1. The van der Waals surface area contributed by atoms with Crippen LogP contribution >= 0.6 is 23.4 Å². The van der Waals surface area contributed by atoms with Crippen molar-refractivity contribution in [1.29, 1.82) is 0 Å². The predicted molar refractivity (Wildman–Crippen MR) is 82.4 cm³/mol. The van der Waals surface area contributed by atoms with Crippen molar-refractivity contribution in [2.45, 2.75) is 25.3 Å². The summed E-state index contributed by atoms with van der Waals surface area (Å²) >= 11 is 7.85. The van der Waals surface area contributed by atoms with Crippen LogP contribution in [0.2, 0.25) is 0 Å². The molecule has 1 unspecified atom stereocenters. The second kappa shape index (κ2) is 5.10. The van der Waals surface area contributed by atoms with Gasteiger partial charge in [-0.1, -0.05) is 37.2 Å². The van der Waals surface area contributed by atoms with Crippen molar-refractivity contribution in [3.05, 3.63) is 16.3 Å². The maximum Gasteiger partial charge on any atom is 0.244 e. The van der Waals surface area contributed by atoms with E-state index < -0.39 is 0 Å². The van der Waals surface area contributed by atoms with E-state index in [-0.39, 0.29) is 11.3 Å². The Bertz CT molecular complexity index is 685. The van der Waals surface area contributed by atoms with E-state index in [1.165, 1.54) is 25.2 Å². The third kappa shape index (κ3) is 2.26. The molecule has 7 heteroatoms. The monoisotopic (exact) mass is 323 g/mol. The van der Waals surface area contributed by atoms with Crippen LogP contribution in [0.5, 0.6) is 5.88 Å². The van der Waals surface area contributed by atoms with Crippen LogP contribution in [0.4, 0.5) is 5.69 Å². The van der Waals surface area contributed by atoms with E-state index >= 15 is 0 Å². The topological polar surface area (TPSA) is 64.4 Å². The highest BCUT2D eigenvalue weighted by atomic mass is 35.5. The molecule has 5 nitrogen and oxygen atoms in total. The Morgan fingerprint density at radius 1 is 1.48 bits per heavy atom. The smallest absolute Gasteiger partial charge is 0.244 e. The van der Waals surface area contributed by atoms with E-state index in [1.54, 1.807) is 0 Å². The summed E-state index contributed by atoms with van der Waals surface area (Å²) in [6.07, 6.45) is 3.03. The molecule has 21 heavy (non-hydrogen) atoms. The number of aldehydes is 1. The van der Waals surface area contributed by atoms with Crippen LogP contribution in [0.15, 0.2) is 26.3 Å². The molecule has 0 spiro atoms. The molecular formula is C14H14ClN3O2S. The summed E-state index contributed by atoms with van der Waals surface area (Å²) in [6, 6.07) is 0. The molecule has 0 aromatic carbocycles. The largest absolute Gasteiger partial charge is 0.479 e. The van der Waals surface area contributed by atoms with Gasteiger partial charge in [0.1, 0.15) is 17.6 Å². The van der Waals surface area contributed by atoms with Gasteiger partial charge in [0, 0.05) is 5.03 Å². The van der Waals surface area contributed by atoms with Crippen molar-refractivity contribution in [3.63, 3.8) is 0 Å². The number of hydrogen-bond donors (Lipinski definition) is 0. The lowest BCUT2D eigenvalue weighted by Crippen LogP contribution is -2.37. The fraction of sp³-hybridized carbons (Fsp3) is 0.429. The third-order valence-corrected chi connectivity index (χ3v) is 5.33. The molecule has 0 amide bonds. The van der Waals surface area contributed by atoms with Gasteiger partial charge in [-0.3, -0.25) is 0 Å². The maximum atomic E-state index is 11.6. The summed E-state index contributed by atoms with van der Waals surface area (Å²) in [5, 5.41) is 1.42. The zero-order chi connectivity index (χ0) is 15.2. The van der Waals surface area contributed by atoms with Crippen LogP contribution in [0, 0.1) is 11.3 Å². The van der Waals surface area contributed by atoms with Crippen molar-refractivity contribution < 1.29 is 9.53 Å². The van der Waals surface area contributed by atoms with Gasteiger partial charge in [0.2, 0.25) is 5.88 Å². The number of carbonyl (C=O) groups is 1. The van der Waals surface area contributed by atoms with Gasteiger partial charge in [-0.05, 0) is 11.8 Å². The van der Waals surface area contributed by atoms with E-state index in [0.29, 0.717) is 28.7 Å². The van der Waals surface area contributed by atoms with Gasteiger partial charge in [0.25, 0.3) is 0 Å². The van der Waals surface area contributed by atoms with E-state index in [4.69, 9.17) is 16.3 Å². The minimum absolute atomic E-state index is 0.262. The molecule has 0 saturated carbocycles. The number of allylic oxidation sites excluding steroid dienone is 2. The average molecular weight is 324 g/mol. The van der Waals surface area contributed by atoms with Crippen molar-refractivity contribution in [3.8, 4) is 5.88 Å². The van der Waals surface area contributed by atoms with Gasteiger partial charge in [-0.25, -0.2) is 9.98 Å². The highest BCUT2D eigenvalue weighted by molar-refractivity contribution is 8.04. The fourth-order valence-electron chi connectivity index (χ4n) is 2.60.